The van der Waals surface area contributed by atoms with Crippen molar-refractivity contribution in [3.8, 4) is 5.88 Å². The molecule has 0 aliphatic rings. The van der Waals surface area contributed by atoms with Crippen LogP contribution in [-0.4, -0.2) is 38.2 Å². The molecule has 0 aliphatic heterocycles. The molecule has 0 unspecified atom stereocenters. The molecule has 2 aromatic heterocycles. The number of aliphatic hydroxyl groups excluding tert-OH is 1. The number of fused-ring (bicyclic) bond motifs is 1. The molecule has 0 radical (unpaired) electrons. The summed E-state index contributed by atoms with van der Waals surface area (Å²) < 4.78 is 1.20. The first-order valence-electron chi connectivity index (χ1n) is 6.09. The van der Waals surface area contributed by atoms with Crippen LogP contribution in [0.3, 0.4) is 0 Å². The van der Waals surface area contributed by atoms with Crippen LogP contribution in [0.4, 0.5) is 0 Å². The zero-order chi connectivity index (χ0) is 14.9. The third-order valence-corrected chi connectivity index (χ3v) is 2.82. The van der Waals surface area contributed by atoms with E-state index >= 15 is 0 Å². The zero-order valence-corrected chi connectivity index (χ0v) is 11.1. The van der Waals surface area contributed by atoms with Crippen LogP contribution < -0.4 is 10.9 Å². The first kappa shape index (κ1) is 14.0. The molecule has 0 aromatic carbocycles. The molecule has 106 valence electrons. The van der Waals surface area contributed by atoms with Gasteiger partial charge in [0, 0.05) is 12.7 Å². The Hall–Kier alpha value is -2.41. The van der Waals surface area contributed by atoms with E-state index in [0.29, 0.717) is 11.2 Å². The van der Waals surface area contributed by atoms with Gasteiger partial charge in [0.2, 0.25) is 5.88 Å². The first-order chi connectivity index (χ1) is 9.41. The summed E-state index contributed by atoms with van der Waals surface area (Å²) in [5.41, 5.74) is -0.0917. The molecule has 0 aliphatic carbocycles. The van der Waals surface area contributed by atoms with Gasteiger partial charge in [-0.15, -0.1) is 0 Å². The van der Waals surface area contributed by atoms with Gasteiger partial charge in [-0.1, -0.05) is 6.07 Å². The monoisotopic (exact) mass is 277 g/mol. The maximum atomic E-state index is 12.2. The van der Waals surface area contributed by atoms with Crippen LogP contribution in [0.2, 0.25) is 0 Å². The lowest BCUT2D eigenvalue weighted by Crippen LogP contribution is -2.35. The van der Waals surface area contributed by atoms with Crippen LogP contribution in [0.1, 0.15) is 22.8 Å². The van der Waals surface area contributed by atoms with Crippen LogP contribution in [0, 0.1) is 6.92 Å². The Morgan fingerprint density at radius 3 is 2.90 bits per heavy atom. The van der Waals surface area contributed by atoms with E-state index in [0.717, 1.165) is 0 Å². The van der Waals surface area contributed by atoms with Crippen LogP contribution >= 0.6 is 0 Å². The Kier molecular flexibility index (Phi) is 3.71. The Morgan fingerprint density at radius 2 is 2.25 bits per heavy atom. The predicted octanol–water partition coefficient (Wildman–Crippen LogP) is -0.181. The minimum Gasteiger partial charge on any atom is -0.493 e. The fourth-order valence-corrected chi connectivity index (χ4v) is 1.81. The molecule has 0 fully saturated rings. The minimum absolute atomic E-state index is 0.0196. The average Bonchev–Trinajstić information content (AvgIpc) is 2.38. The minimum atomic E-state index is -0.767. The summed E-state index contributed by atoms with van der Waals surface area (Å²) >= 11 is 0. The number of hydrogen-bond acceptors (Lipinski definition) is 5. The second kappa shape index (κ2) is 5.30. The lowest BCUT2D eigenvalue weighted by molar-refractivity contribution is 0.0919. The summed E-state index contributed by atoms with van der Waals surface area (Å²) in [6.45, 7) is 3.22. The van der Waals surface area contributed by atoms with Crippen molar-refractivity contribution in [1.82, 2.24) is 14.7 Å². The lowest BCUT2D eigenvalue weighted by Gasteiger charge is -2.09. The number of hydrogen-bond donors (Lipinski definition) is 3. The highest BCUT2D eigenvalue weighted by Crippen LogP contribution is 2.13. The number of nitrogens with zero attached hydrogens (tertiary/aromatic N) is 2. The van der Waals surface area contributed by atoms with Crippen molar-refractivity contribution in [2.75, 3.05) is 6.54 Å². The van der Waals surface area contributed by atoms with E-state index < -0.39 is 29.0 Å². The van der Waals surface area contributed by atoms with Crippen molar-refractivity contribution >= 4 is 11.6 Å². The fraction of sp³-hybridized carbons (Fsp3) is 0.308. The van der Waals surface area contributed by atoms with Gasteiger partial charge < -0.3 is 15.5 Å². The molecule has 1 atom stereocenters. The van der Waals surface area contributed by atoms with Gasteiger partial charge in [0.15, 0.2) is 5.56 Å². The van der Waals surface area contributed by atoms with Crippen molar-refractivity contribution < 1.29 is 15.0 Å². The molecule has 0 spiro atoms. The summed E-state index contributed by atoms with van der Waals surface area (Å²) in [6.07, 6.45) is 0.724. The van der Waals surface area contributed by atoms with Gasteiger partial charge in [0.25, 0.3) is 11.5 Å². The number of carbonyl (C=O) groups is 1. The highest BCUT2D eigenvalue weighted by molar-refractivity contribution is 5.96. The second-order valence-corrected chi connectivity index (χ2v) is 4.56. The van der Waals surface area contributed by atoms with E-state index in [1.165, 1.54) is 17.5 Å². The average molecular weight is 277 g/mol. The van der Waals surface area contributed by atoms with Gasteiger partial charge in [-0.05, 0) is 25.5 Å². The number of pyridine rings is 1. The molecule has 20 heavy (non-hydrogen) atoms. The SMILES string of the molecule is Cc1cccn2c(=O)c(C(=O)NC[C@@H](C)O)c(O)nc12. The van der Waals surface area contributed by atoms with Crippen molar-refractivity contribution in [3.63, 3.8) is 0 Å². The zero-order valence-electron chi connectivity index (χ0n) is 11.1. The van der Waals surface area contributed by atoms with Crippen LogP contribution in [0.25, 0.3) is 5.65 Å². The first-order valence-corrected chi connectivity index (χ1v) is 6.09. The molecule has 0 saturated carbocycles. The normalized spacial score (nSPS) is 12.3. The summed E-state index contributed by atoms with van der Waals surface area (Å²) in [7, 11) is 0. The quantitative estimate of drug-likeness (QED) is 0.722. The summed E-state index contributed by atoms with van der Waals surface area (Å²) in [5.74, 6) is -1.39. The van der Waals surface area contributed by atoms with E-state index in [1.807, 2.05) is 0 Å². The summed E-state index contributed by atoms with van der Waals surface area (Å²) in [5, 5.41) is 21.3. The Balaban J connectivity index is 2.55. The molecule has 1 amide bonds. The molecule has 2 aromatic rings. The van der Waals surface area contributed by atoms with Gasteiger partial charge in [-0.2, -0.15) is 4.98 Å². The highest BCUT2D eigenvalue weighted by Gasteiger charge is 2.20. The predicted molar refractivity (Wildman–Crippen MR) is 71.9 cm³/mol. The molecule has 7 nitrogen and oxygen atoms in total. The molecular weight excluding hydrogens is 262 g/mol. The number of amides is 1. The maximum absolute atomic E-state index is 12.2. The summed E-state index contributed by atoms with van der Waals surface area (Å²) in [6, 6.07) is 3.40. The third kappa shape index (κ3) is 2.48. The molecule has 2 heterocycles. The van der Waals surface area contributed by atoms with Crippen LogP contribution in [-0.2, 0) is 0 Å². The smallest absolute Gasteiger partial charge is 0.274 e. The van der Waals surface area contributed by atoms with Crippen LogP contribution in [0.5, 0.6) is 5.88 Å². The molecular formula is C13H15N3O4. The topological polar surface area (TPSA) is 104 Å². The van der Waals surface area contributed by atoms with Gasteiger partial charge in [0.1, 0.15) is 5.65 Å². The molecule has 3 N–H and O–H groups in total. The van der Waals surface area contributed by atoms with Gasteiger partial charge in [-0.3, -0.25) is 14.0 Å². The number of aromatic hydroxyl groups is 1. The van der Waals surface area contributed by atoms with E-state index in [1.54, 1.807) is 19.1 Å². The van der Waals surface area contributed by atoms with E-state index in [4.69, 9.17) is 5.11 Å². The lowest BCUT2D eigenvalue weighted by atomic mass is 10.2. The number of aryl methyl sites for hydroxylation is 1. The van der Waals surface area contributed by atoms with Gasteiger partial charge in [-0.25, -0.2) is 0 Å². The van der Waals surface area contributed by atoms with Crippen molar-refractivity contribution in [2.24, 2.45) is 0 Å². The number of nitrogens with one attached hydrogen (secondary N) is 1. The molecule has 0 bridgehead atoms. The third-order valence-electron chi connectivity index (χ3n) is 2.82. The Labute approximate surface area is 114 Å². The number of rotatable bonds is 3. The largest absolute Gasteiger partial charge is 0.493 e. The van der Waals surface area contributed by atoms with Crippen molar-refractivity contribution in [3.05, 3.63) is 39.8 Å². The molecule has 2 rings (SSSR count). The number of carbonyl (C=O) groups excluding carboxylic acids is 1. The molecule has 0 saturated heterocycles. The van der Waals surface area contributed by atoms with E-state index in [9.17, 15) is 14.7 Å². The fourth-order valence-electron chi connectivity index (χ4n) is 1.81. The maximum Gasteiger partial charge on any atom is 0.274 e. The van der Waals surface area contributed by atoms with Crippen molar-refractivity contribution in [1.29, 1.82) is 0 Å². The Bertz CT molecular complexity index is 721. The number of aliphatic hydroxyl groups is 1. The number of aromatic nitrogens is 2. The standard InChI is InChI=1S/C13H15N3O4/c1-7-4-3-5-16-10(7)15-12(19)9(13(16)20)11(18)14-6-8(2)17/h3-5,8,17,19H,6H2,1-2H3,(H,14,18)/t8-/m1/s1. The van der Waals surface area contributed by atoms with Gasteiger partial charge in [0.05, 0.1) is 6.10 Å². The highest BCUT2D eigenvalue weighted by atomic mass is 16.3. The van der Waals surface area contributed by atoms with Crippen molar-refractivity contribution in [2.45, 2.75) is 20.0 Å². The van der Waals surface area contributed by atoms with Gasteiger partial charge >= 0.3 is 0 Å². The van der Waals surface area contributed by atoms with Crippen LogP contribution in [0.15, 0.2) is 23.1 Å². The molecule has 7 heteroatoms. The summed E-state index contributed by atoms with van der Waals surface area (Å²) in [4.78, 5) is 28.0. The Morgan fingerprint density at radius 1 is 1.55 bits per heavy atom. The second-order valence-electron chi connectivity index (χ2n) is 4.56. The van der Waals surface area contributed by atoms with E-state index in [-0.39, 0.29) is 6.54 Å². The van der Waals surface area contributed by atoms with E-state index in [2.05, 4.69) is 10.3 Å².